The lowest BCUT2D eigenvalue weighted by molar-refractivity contribution is 0.0701. The van der Waals surface area contributed by atoms with Crippen LogP contribution >= 0.6 is 11.3 Å². The van der Waals surface area contributed by atoms with Gasteiger partial charge in [0, 0.05) is 18.0 Å². The first kappa shape index (κ1) is 18.8. The highest BCUT2D eigenvalue weighted by Crippen LogP contribution is 2.32. The third kappa shape index (κ3) is 4.28. The molecule has 1 aromatic heterocycles. The number of rotatable bonds is 5. The highest BCUT2D eigenvalue weighted by atomic mass is 32.1. The van der Waals surface area contributed by atoms with Crippen molar-refractivity contribution in [2.75, 3.05) is 7.05 Å². The minimum absolute atomic E-state index is 0.146. The maximum Gasteiger partial charge on any atom is 0.263 e. The van der Waals surface area contributed by atoms with Crippen LogP contribution in [0.1, 0.15) is 41.8 Å². The fourth-order valence-corrected chi connectivity index (χ4v) is 4.72. The van der Waals surface area contributed by atoms with Crippen LogP contribution in [-0.2, 0) is 0 Å². The van der Waals surface area contributed by atoms with Gasteiger partial charge in [0.2, 0.25) is 0 Å². The number of para-hydroxylation sites is 1. The molecule has 0 spiro atoms. The first-order chi connectivity index (χ1) is 13.7. The third-order valence-electron chi connectivity index (χ3n) is 5.38. The minimum Gasteiger partial charge on any atom is -0.457 e. The predicted octanol–water partition coefficient (Wildman–Crippen LogP) is 6.61. The minimum atomic E-state index is 0.146. The van der Waals surface area contributed by atoms with Gasteiger partial charge in [-0.1, -0.05) is 37.5 Å². The number of nitrogens with zero attached hydrogens (tertiary/aromatic N) is 1. The zero-order valence-electron chi connectivity index (χ0n) is 16.1. The van der Waals surface area contributed by atoms with E-state index in [1.807, 2.05) is 78.7 Å². The van der Waals surface area contributed by atoms with Crippen LogP contribution in [0.5, 0.6) is 11.5 Å². The smallest absolute Gasteiger partial charge is 0.263 e. The van der Waals surface area contributed by atoms with E-state index < -0.39 is 0 Å². The van der Waals surface area contributed by atoms with E-state index in [0.29, 0.717) is 6.04 Å². The topological polar surface area (TPSA) is 29.5 Å². The summed E-state index contributed by atoms with van der Waals surface area (Å²) in [4.78, 5) is 16.7. The average molecular weight is 392 g/mol. The van der Waals surface area contributed by atoms with Gasteiger partial charge in [0.15, 0.2) is 0 Å². The summed E-state index contributed by atoms with van der Waals surface area (Å²) in [6, 6.07) is 22.2. The second-order valence-electron chi connectivity index (χ2n) is 7.31. The Balaban J connectivity index is 1.44. The molecule has 0 radical (unpaired) electrons. The van der Waals surface area contributed by atoms with Crippen LogP contribution in [0.3, 0.4) is 0 Å². The molecular weight excluding hydrogens is 366 g/mol. The van der Waals surface area contributed by atoms with Crippen molar-refractivity contribution < 1.29 is 9.53 Å². The van der Waals surface area contributed by atoms with Gasteiger partial charge in [0.05, 0.1) is 4.88 Å². The van der Waals surface area contributed by atoms with Crippen molar-refractivity contribution in [3.8, 4) is 21.9 Å². The molecule has 28 heavy (non-hydrogen) atoms. The molecule has 1 aliphatic rings. The summed E-state index contributed by atoms with van der Waals surface area (Å²) < 4.78 is 5.85. The molecule has 1 fully saturated rings. The first-order valence-corrected chi connectivity index (χ1v) is 10.7. The second-order valence-corrected chi connectivity index (χ2v) is 8.40. The number of carbonyl (C=O) groups is 1. The molecule has 4 rings (SSSR count). The van der Waals surface area contributed by atoms with Crippen LogP contribution in [-0.4, -0.2) is 23.9 Å². The summed E-state index contributed by atoms with van der Waals surface area (Å²) >= 11 is 1.56. The van der Waals surface area contributed by atoms with E-state index in [2.05, 4.69) is 0 Å². The van der Waals surface area contributed by atoms with Crippen LogP contribution in [0.15, 0.2) is 66.7 Å². The summed E-state index contributed by atoms with van der Waals surface area (Å²) in [6.07, 6.45) is 6.02. The lowest BCUT2D eigenvalue weighted by atomic mass is 9.94. The van der Waals surface area contributed by atoms with E-state index in [0.717, 1.165) is 39.7 Å². The van der Waals surface area contributed by atoms with Crippen LogP contribution in [0, 0.1) is 0 Å². The lowest BCUT2D eigenvalue weighted by Crippen LogP contribution is -2.37. The molecule has 1 heterocycles. The Hall–Kier alpha value is -2.59. The molecule has 0 saturated heterocycles. The molecule has 1 saturated carbocycles. The first-order valence-electron chi connectivity index (χ1n) is 9.91. The molecular formula is C24H25NO2S. The third-order valence-corrected chi connectivity index (χ3v) is 6.50. The zero-order valence-corrected chi connectivity index (χ0v) is 17.0. The highest BCUT2D eigenvalue weighted by Gasteiger charge is 2.24. The molecule has 0 bridgehead atoms. The number of benzene rings is 2. The summed E-state index contributed by atoms with van der Waals surface area (Å²) in [6.45, 7) is 0. The fraction of sp³-hybridized carbons (Fsp3) is 0.292. The van der Waals surface area contributed by atoms with Crippen molar-refractivity contribution in [1.82, 2.24) is 4.90 Å². The molecule has 0 unspecified atom stereocenters. The predicted molar refractivity (Wildman–Crippen MR) is 115 cm³/mol. The van der Waals surface area contributed by atoms with E-state index in [-0.39, 0.29) is 5.91 Å². The van der Waals surface area contributed by atoms with Crippen molar-refractivity contribution in [3.05, 3.63) is 71.6 Å². The van der Waals surface area contributed by atoms with Gasteiger partial charge in [0.25, 0.3) is 5.91 Å². The quantitative estimate of drug-likeness (QED) is 0.489. The Bertz CT molecular complexity index is 911. The fourth-order valence-electron chi connectivity index (χ4n) is 3.73. The summed E-state index contributed by atoms with van der Waals surface area (Å²) in [7, 11) is 1.95. The van der Waals surface area contributed by atoms with Crippen LogP contribution in [0.25, 0.3) is 10.4 Å². The van der Waals surface area contributed by atoms with Crippen molar-refractivity contribution in [1.29, 1.82) is 0 Å². The summed E-state index contributed by atoms with van der Waals surface area (Å²) in [5, 5.41) is 0. The Morgan fingerprint density at radius 3 is 2.29 bits per heavy atom. The van der Waals surface area contributed by atoms with E-state index in [1.54, 1.807) is 11.3 Å². The second kappa shape index (κ2) is 8.61. The van der Waals surface area contributed by atoms with Gasteiger partial charge >= 0.3 is 0 Å². The van der Waals surface area contributed by atoms with Gasteiger partial charge in [-0.2, -0.15) is 0 Å². The Morgan fingerprint density at radius 1 is 0.893 bits per heavy atom. The Labute approximate surface area is 170 Å². The van der Waals surface area contributed by atoms with Crippen LogP contribution < -0.4 is 4.74 Å². The SMILES string of the molecule is CN(C(=O)c1ccc(-c2ccc(Oc3ccccc3)cc2)s1)C1CCCCC1. The molecule has 3 nitrogen and oxygen atoms in total. The van der Waals surface area contributed by atoms with E-state index in [4.69, 9.17) is 4.74 Å². The van der Waals surface area contributed by atoms with Gasteiger partial charge < -0.3 is 9.64 Å². The molecule has 0 N–H and O–H groups in total. The highest BCUT2D eigenvalue weighted by molar-refractivity contribution is 7.17. The van der Waals surface area contributed by atoms with E-state index in [9.17, 15) is 4.79 Å². The standard InChI is InChI=1S/C24H25NO2S/c1-25(19-8-4-2-5-9-19)24(26)23-17-16-22(28-23)18-12-14-21(15-13-18)27-20-10-6-3-7-11-20/h3,6-7,10-17,19H,2,4-5,8-9H2,1H3. The Kier molecular flexibility index (Phi) is 5.77. The molecule has 2 aromatic carbocycles. The number of hydrogen-bond acceptors (Lipinski definition) is 3. The average Bonchev–Trinajstić information content (AvgIpc) is 3.25. The molecule has 144 valence electrons. The van der Waals surface area contributed by atoms with Crippen molar-refractivity contribution in [2.24, 2.45) is 0 Å². The van der Waals surface area contributed by atoms with Gasteiger partial charge in [0.1, 0.15) is 11.5 Å². The molecule has 4 heteroatoms. The Morgan fingerprint density at radius 2 is 1.57 bits per heavy atom. The molecule has 0 aliphatic heterocycles. The van der Waals surface area contributed by atoms with Crippen molar-refractivity contribution >= 4 is 17.2 Å². The number of amides is 1. The lowest BCUT2D eigenvalue weighted by Gasteiger charge is -2.30. The number of hydrogen-bond donors (Lipinski definition) is 0. The van der Waals surface area contributed by atoms with Crippen molar-refractivity contribution in [2.45, 2.75) is 38.1 Å². The number of carbonyl (C=O) groups excluding carboxylic acids is 1. The normalized spacial score (nSPS) is 14.6. The summed E-state index contributed by atoms with van der Waals surface area (Å²) in [5.41, 5.74) is 1.10. The largest absolute Gasteiger partial charge is 0.457 e. The molecule has 0 atom stereocenters. The zero-order chi connectivity index (χ0) is 19.3. The van der Waals surface area contributed by atoms with Crippen LogP contribution in [0.4, 0.5) is 0 Å². The van der Waals surface area contributed by atoms with E-state index in [1.165, 1.54) is 19.3 Å². The maximum absolute atomic E-state index is 12.9. The molecule has 1 amide bonds. The van der Waals surface area contributed by atoms with Gasteiger partial charge in [-0.25, -0.2) is 0 Å². The van der Waals surface area contributed by atoms with Gasteiger partial charge in [-0.05, 0) is 66.9 Å². The van der Waals surface area contributed by atoms with Crippen LogP contribution in [0.2, 0.25) is 0 Å². The van der Waals surface area contributed by atoms with Gasteiger partial charge in [-0.3, -0.25) is 4.79 Å². The maximum atomic E-state index is 12.9. The van der Waals surface area contributed by atoms with Crippen molar-refractivity contribution in [3.63, 3.8) is 0 Å². The molecule has 3 aromatic rings. The van der Waals surface area contributed by atoms with Gasteiger partial charge in [-0.15, -0.1) is 11.3 Å². The number of ether oxygens (including phenoxy) is 1. The number of thiophene rings is 1. The molecule has 1 aliphatic carbocycles. The summed E-state index contributed by atoms with van der Waals surface area (Å²) in [5.74, 6) is 1.78. The van der Waals surface area contributed by atoms with E-state index >= 15 is 0 Å². The monoisotopic (exact) mass is 391 g/mol.